The minimum absolute atomic E-state index is 0.0815. The van der Waals surface area contributed by atoms with Gasteiger partial charge in [0, 0.05) is 37.9 Å². The van der Waals surface area contributed by atoms with Gasteiger partial charge in [-0.1, -0.05) is 24.3 Å². The number of nitrogens with zero attached hydrogens (tertiary/aromatic N) is 3. The van der Waals surface area contributed by atoms with Crippen LogP contribution < -0.4 is 9.80 Å². The zero-order valence-corrected chi connectivity index (χ0v) is 19.2. The summed E-state index contributed by atoms with van der Waals surface area (Å²) in [5, 5.41) is 11.8. The van der Waals surface area contributed by atoms with Gasteiger partial charge in [-0.05, 0) is 44.5 Å². The number of esters is 2. The van der Waals surface area contributed by atoms with Crippen LogP contribution in [0.2, 0.25) is 0 Å². The third kappa shape index (κ3) is 4.92. The van der Waals surface area contributed by atoms with E-state index < -0.39 is 22.3 Å². The van der Waals surface area contributed by atoms with E-state index in [-0.39, 0.29) is 18.9 Å². The molecule has 0 spiro atoms. The zero-order chi connectivity index (χ0) is 24.0. The Hall–Kier alpha value is -3.62. The van der Waals surface area contributed by atoms with Crippen molar-refractivity contribution < 1.29 is 24.0 Å². The van der Waals surface area contributed by atoms with Gasteiger partial charge < -0.3 is 19.3 Å². The summed E-state index contributed by atoms with van der Waals surface area (Å²) in [6.07, 6.45) is 0. The number of carbonyl (C=O) groups excluding carboxylic acids is 2. The second-order valence-electron chi connectivity index (χ2n) is 7.84. The summed E-state index contributed by atoms with van der Waals surface area (Å²) in [4.78, 5) is 41.1. The third-order valence-corrected chi connectivity index (χ3v) is 5.86. The Kier molecular flexibility index (Phi) is 7.52. The lowest BCUT2D eigenvalue weighted by atomic mass is 9.82. The fourth-order valence-corrected chi connectivity index (χ4v) is 3.96. The summed E-state index contributed by atoms with van der Waals surface area (Å²) < 4.78 is 10.3. The molecule has 0 atom stereocenters. The highest BCUT2D eigenvalue weighted by atomic mass is 16.6. The first-order valence-electron chi connectivity index (χ1n) is 11.0. The summed E-state index contributed by atoms with van der Waals surface area (Å²) >= 11 is 0. The van der Waals surface area contributed by atoms with Crippen molar-refractivity contribution in [3.05, 3.63) is 64.2 Å². The summed E-state index contributed by atoms with van der Waals surface area (Å²) in [5.41, 5.74) is -0.0583. The van der Waals surface area contributed by atoms with Crippen LogP contribution in [0.25, 0.3) is 0 Å². The van der Waals surface area contributed by atoms with Crippen molar-refractivity contribution in [3.8, 4) is 0 Å². The standard InChI is InChI=1S/C24H29N3O6/c1-4-32-22(28)24(3,23(29)33-5-2)18-11-12-20(27(30)31)21(17-18)26-15-13-25(14-16-26)19-9-7-6-8-10-19/h6-12,17H,4-5,13-16H2,1-3H3. The zero-order valence-electron chi connectivity index (χ0n) is 19.2. The van der Waals surface area contributed by atoms with Gasteiger partial charge in [0.05, 0.1) is 18.1 Å². The fourth-order valence-electron chi connectivity index (χ4n) is 3.96. The lowest BCUT2D eigenvalue weighted by Crippen LogP contribution is -2.47. The van der Waals surface area contributed by atoms with Crippen LogP contribution in [0.3, 0.4) is 0 Å². The minimum atomic E-state index is -1.73. The smallest absolute Gasteiger partial charge is 0.327 e. The maximum Gasteiger partial charge on any atom is 0.327 e. The summed E-state index contributed by atoms with van der Waals surface area (Å²) in [5.74, 6) is -1.51. The summed E-state index contributed by atoms with van der Waals surface area (Å²) in [7, 11) is 0. The van der Waals surface area contributed by atoms with Crippen molar-refractivity contribution in [3.63, 3.8) is 0 Å². The molecule has 0 unspecified atom stereocenters. The van der Waals surface area contributed by atoms with E-state index in [1.54, 1.807) is 19.9 Å². The molecule has 1 fully saturated rings. The SMILES string of the molecule is CCOC(=O)C(C)(C(=O)OCC)c1ccc([N+](=O)[O-])c(N2CCN(c3ccccc3)CC2)c1. The fraction of sp³-hybridized carbons (Fsp3) is 0.417. The van der Waals surface area contributed by atoms with Crippen LogP contribution in [0.5, 0.6) is 0 Å². The average Bonchev–Trinajstić information content (AvgIpc) is 2.84. The highest BCUT2D eigenvalue weighted by Crippen LogP contribution is 2.36. The number of rotatable bonds is 8. The molecular formula is C24H29N3O6. The van der Waals surface area contributed by atoms with Gasteiger partial charge in [0.25, 0.3) is 5.69 Å². The van der Waals surface area contributed by atoms with Crippen LogP contribution in [0.1, 0.15) is 26.3 Å². The number of hydrogen-bond acceptors (Lipinski definition) is 8. The first-order valence-corrected chi connectivity index (χ1v) is 11.0. The molecule has 0 amide bonds. The molecule has 1 saturated heterocycles. The van der Waals surface area contributed by atoms with E-state index in [2.05, 4.69) is 4.90 Å². The van der Waals surface area contributed by atoms with Crippen molar-refractivity contribution in [2.24, 2.45) is 0 Å². The van der Waals surface area contributed by atoms with Crippen LogP contribution >= 0.6 is 0 Å². The van der Waals surface area contributed by atoms with Gasteiger partial charge >= 0.3 is 11.9 Å². The van der Waals surface area contributed by atoms with Gasteiger partial charge in [0.1, 0.15) is 5.69 Å². The molecule has 33 heavy (non-hydrogen) atoms. The number of benzene rings is 2. The topological polar surface area (TPSA) is 102 Å². The molecule has 1 aliphatic rings. The number of para-hydroxylation sites is 1. The summed E-state index contributed by atoms with van der Waals surface area (Å²) in [6.45, 7) is 7.37. The molecular weight excluding hydrogens is 426 g/mol. The number of anilines is 2. The molecule has 9 heteroatoms. The maximum absolute atomic E-state index is 12.8. The van der Waals surface area contributed by atoms with Gasteiger partial charge in [-0.3, -0.25) is 19.7 Å². The van der Waals surface area contributed by atoms with E-state index in [1.807, 2.05) is 35.2 Å². The molecule has 2 aromatic rings. The Morgan fingerprint density at radius 1 is 0.939 bits per heavy atom. The molecule has 3 rings (SSSR count). The van der Waals surface area contributed by atoms with E-state index in [9.17, 15) is 19.7 Å². The number of nitro groups is 1. The Bertz CT molecular complexity index is 985. The molecule has 0 N–H and O–H groups in total. The molecule has 9 nitrogen and oxygen atoms in total. The predicted molar refractivity (Wildman–Crippen MR) is 125 cm³/mol. The van der Waals surface area contributed by atoms with E-state index >= 15 is 0 Å². The van der Waals surface area contributed by atoms with Crippen molar-refractivity contribution in [1.29, 1.82) is 0 Å². The Labute approximate surface area is 193 Å². The van der Waals surface area contributed by atoms with Gasteiger partial charge in [-0.25, -0.2) is 0 Å². The quantitative estimate of drug-likeness (QED) is 0.259. The van der Waals surface area contributed by atoms with Crippen LogP contribution in [-0.4, -0.2) is 56.3 Å². The predicted octanol–water partition coefficient (Wildman–Crippen LogP) is 3.31. The van der Waals surface area contributed by atoms with Gasteiger partial charge in [-0.2, -0.15) is 0 Å². The van der Waals surface area contributed by atoms with E-state index in [4.69, 9.17) is 9.47 Å². The maximum atomic E-state index is 12.8. The molecule has 176 valence electrons. The van der Waals surface area contributed by atoms with Crippen LogP contribution in [0.4, 0.5) is 17.1 Å². The highest BCUT2D eigenvalue weighted by molar-refractivity contribution is 6.06. The van der Waals surface area contributed by atoms with Crippen LogP contribution in [0, 0.1) is 10.1 Å². The monoisotopic (exact) mass is 455 g/mol. The van der Waals surface area contributed by atoms with Crippen molar-refractivity contribution in [2.45, 2.75) is 26.2 Å². The average molecular weight is 456 g/mol. The number of piperazine rings is 1. The minimum Gasteiger partial charge on any atom is -0.465 e. The normalized spacial score (nSPS) is 14.0. The molecule has 0 saturated carbocycles. The molecule has 1 aliphatic heterocycles. The van der Waals surface area contributed by atoms with Crippen LogP contribution in [0.15, 0.2) is 48.5 Å². The highest BCUT2D eigenvalue weighted by Gasteiger charge is 2.47. The molecule has 2 aromatic carbocycles. The lowest BCUT2D eigenvalue weighted by Gasteiger charge is -2.37. The van der Waals surface area contributed by atoms with Gasteiger partial charge in [-0.15, -0.1) is 0 Å². The van der Waals surface area contributed by atoms with Crippen molar-refractivity contribution in [1.82, 2.24) is 0 Å². The number of nitro benzene ring substituents is 1. The first kappa shape index (κ1) is 24.0. The molecule has 0 bridgehead atoms. The first-order chi connectivity index (χ1) is 15.8. The van der Waals surface area contributed by atoms with Crippen LogP contribution in [-0.2, 0) is 24.5 Å². The van der Waals surface area contributed by atoms with Crippen molar-refractivity contribution in [2.75, 3.05) is 49.2 Å². The van der Waals surface area contributed by atoms with Crippen molar-refractivity contribution >= 4 is 29.0 Å². The van der Waals surface area contributed by atoms with E-state index in [0.29, 0.717) is 37.4 Å². The van der Waals surface area contributed by atoms with Gasteiger partial charge in [0.2, 0.25) is 0 Å². The lowest BCUT2D eigenvalue weighted by molar-refractivity contribution is -0.384. The molecule has 0 radical (unpaired) electrons. The number of ether oxygens (including phenoxy) is 2. The molecule has 0 aromatic heterocycles. The van der Waals surface area contributed by atoms with E-state index in [1.165, 1.54) is 19.1 Å². The van der Waals surface area contributed by atoms with E-state index in [0.717, 1.165) is 5.69 Å². The second-order valence-corrected chi connectivity index (χ2v) is 7.84. The number of carbonyl (C=O) groups is 2. The molecule has 0 aliphatic carbocycles. The Morgan fingerprint density at radius 3 is 2.00 bits per heavy atom. The van der Waals surface area contributed by atoms with Gasteiger partial charge in [0.15, 0.2) is 5.41 Å². The third-order valence-electron chi connectivity index (χ3n) is 5.86. The Morgan fingerprint density at radius 2 is 1.48 bits per heavy atom. The second kappa shape index (κ2) is 10.3. The Balaban J connectivity index is 1.96. The number of hydrogen-bond donors (Lipinski definition) is 0. The summed E-state index contributed by atoms with van der Waals surface area (Å²) in [6, 6.07) is 14.3. The molecule has 1 heterocycles. The largest absolute Gasteiger partial charge is 0.465 e.